The smallest absolute Gasteiger partial charge is 0.407 e. The van der Waals surface area contributed by atoms with E-state index < -0.39 is 12.1 Å². The summed E-state index contributed by atoms with van der Waals surface area (Å²) in [4.78, 5) is 23.9. The van der Waals surface area contributed by atoms with Crippen molar-refractivity contribution < 1.29 is 19.1 Å². The molecular weight excluding hydrogens is 394 g/mol. The van der Waals surface area contributed by atoms with Gasteiger partial charge in [0.05, 0.1) is 6.04 Å². The molecule has 0 aliphatic rings. The molecule has 0 saturated carbocycles. The summed E-state index contributed by atoms with van der Waals surface area (Å²) in [5.74, 6) is 0.566. The Balaban J connectivity index is 1.60. The standard InChI is InChI=1S/C24H33N3O4/c1-24(2,3)31-20-13-11-18(12-14-20)16-27-22(28)21(25)10-7-15-26-23(29)30-17-19-8-5-4-6-9-19/h4-6,8-9,11-14,21H,7,10,15-17,25H2,1-3H3,(H,26,29)(H,27,28)/t21-/m1/s1. The molecule has 31 heavy (non-hydrogen) atoms. The Morgan fingerprint density at radius 2 is 1.65 bits per heavy atom. The van der Waals surface area contributed by atoms with E-state index >= 15 is 0 Å². The number of benzene rings is 2. The first-order valence-electron chi connectivity index (χ1n) is 10.5. The Morgan fingerprint density at radius 3 is 2.29 bits per heavy atom. The summed E-state index contributed by atoms with van der Waals surface area (Å²) < 4.78 is 10.9. The zero-order valence-electron chi connectivity index (χ0n) is 18.5. The van der Waals surface area contributed by atoms with E-state index in [-0.39, 0.29) is 18.1 Å². The van der Waals surface area contributed by atoms with Gasteiger partial charge in [0.2, 0.25) is 5.91 Å². The third kappa shape index (κ3) is 10.00. The molecule has 7 heteroatoms. The van der Waals surface area contributed by atoms with E-state index in [0.717, 1.165) is 16.9 Å². The lowest BCUT2D eigenvalue weighted by Gasteiger charge is -2.21. The van der Waals surface area contributed by atoms with E-state index in [9.17, 15) is 9.59 Å². The van der Waals surface area contributed by atoms with Crippen LogP contribution in [0.1, 0.15) is 44.7 Å². The molecule has 1 atom stereocenters. The van der Waals surface area contributed by atoms with Crippen molar-refractivity contribution in [3.8, 4) is 5.75 Å². The second-order valence-electron chi connectivity index (χ2n) is 8.31. The molecule has 0 bridgehead atoms. The number of nitrogens with two attached hydrogens (primary N) is 1. The first-order valence-corrected chi connectivity index (χ1v) is 10.5. The maximum atomic E-state index is 12.2. The van der Waals surface area contributed by atoms with Crippen LogP contribution in [0, 0.1) is 0 Å². The summed E-state index contributed by atoms with van der Waals surface area (Å²) >= 11 is 0. The third-order valence-corrected chi connectivity index (χ3v) is 4.32. The fourth-order valence-electron chi connectivity index (χ4n) is 2.77. The predicted molar refractivity (Wildman–Crippen MR) is 121 cm³/mol. The molecule has 0 fully saturated rings. The Bertz CT molecular complexity index is 817. The summed E-state index contributed by atoms with van der Waals surface area (Å²) in [6.45, 7) is 6.98. The van der Waals surface area contributed by atoms with Crippen molar-refractivity contribution in [2.24, 2.45) is 5.73 Å². The summed E-state index contributed by atoms with van der Waals surface area (Å²) in [5.41, 5.74) is 7.58. The molecule has 4 N–H and O–H groups in total. The van der Waals surface area contributed by atoms with Crippen LogP contribution in [0.4, 0.5) is 4.79 Å². The van der Waals surface area contributed by atoms with Crippen molar-refractivity contribution in [1.29, 1.82) is 0 Å². The minimum atomic E-state index is -0.634. The first-order chi connectivity index (χ1) is 14.7. The van der Waals surface area contributed by atoms with Crippen molar-refractivity contribution in [2.75, 3.05) is 6.54 Å². The first kappa shape index (κ1) is 24.2. The predicted octanol–water partition coefficient (Wildman–Crippen LogP) is 3.51. The molecule has 2 rings (SSSR count). The average Bonchev–Trinajstić information content (AvgIpc) is 2.74. The van der Waals surface area contributed by atoms with Gasteiger partial charge in [-0.15, -0.1) is 0 Å². The van der Waals surface area contributed by atoms with Gasteiger partial charge in [0, 0.05) is 13.1 Å². The van der Waals surface area contributed by atoms with Gasteiger partial charge in [0.1, 0.15) is 18.0 Å². The Morgan fingerprint density at radius 1 is 0.968 bits per heavy atom. The zero-order valence-corrected chi connectivity index (χ0v) is 18.5. The number of amides is 2. The van der Waals surface area contributed by atoms with Crippen molar-refractivity contribution >= 4 is 12.0 Å². The maximum Gasteiger partial charge on any atom is 0.407 e. The van der Waals surface area contributed by atoms with Gasteiger partial charge < -0.3 is 25.8 Å². The van der Waals surface area contributed by atoms with Gasteiger partial charge in [-0.05, 0) is 56.9 Å². The molecule has 0 radical (unpaired) electrons. The van der Waals surface area contributed by atoms with Crippen molar-refractivity contribution in [2.45, 2.75) is 58.4 Å². The highest BCUT2D eigenvalue weighted by Gasteiger charge is 2.14. The number of rotatable bonds is 10. The lowest BCUT2D eigenvalue weighted by atomic mass is 10.1. The average molecular weight is 428 g/mol. The van der Waals surface area contributed by atoms with E-state index in [0.29, 0.717) is 25.9 Å². The number of nitrogens with one attached hydrogen (secondary N) is 2. The highest BCUT2D eigenvalue weighted by molar-refractivity contribution is 5.81. The van der Waals surface area contributed by atoms with E-state index in [1.807, 2.05) is 75.4 Å². The summed E-state index contributed by atoms with van der Waals surface area (Å²) in [6, 6.07) is 16.4. The molecule has 0 aliphatic heterocycles. The van der Waals surface area contributed by atoms with Gasteiger partial charge in [-0.2, -0.15) is 0 Å². The maximum absolute atomic E-state index is 12.2. The molecule has 0 spiro atoms. The summed E-state index contributed by atoms with van der Waals surface area (Å²) in [7, 11) is 0. The second-order valence-corrected chi connectivity index (χ2v) is 8.31. The molecule has 2 aromatic rings. The second kappa shape index (κ2) is 12.0. The summed E-state index contributed by atoms with van der Waals surface area (Å²) in [6.07, 6.45) is 0.553. The van der Waals surface area contributed by atoms with Crippen LogP contribution in [0.5, 0.6) is 5.75 Å². The third-order valence-electron chi connectivity index (χ3n) is 4.32. The summed E-state index contributed by atoms with van der Waals surface area (Å²) in [5, 5.41) is 5.50. The molecule has 168 valence electrons. The van der Waals surface area contributed by atoms with Crippen LogP contribution >= 0.6 is 0 Å². The monoisotopic (exact) mass is 427 g/mol. The SMILES string of the molecule is CC(C)(C)Oc1ccc(CNC(=O)[C@H](N)CCCNC(=O)OCc2ccccc2)cc1. The minimum absolute atomic E-state index is 0.220. The van der Waals surface area contributed by atoms with Crippen molar-refractivity contribution in [1.82, 2.24) is 10.6 Å². The lowest BCUT2D eigenvalue weighted by molar-refractivity contribution is -0.122. The van der Waals surface area contributed by atoms with Gasteiger partial charge >= 0.3 is 6.09 Å². The van der Waals surface area contributed by atoms with E-state index in [1.54, 1.807) is 0 Å². The molecule has 0 heterocycles. The van der Waals surface area contributed by atoms with E-state index in [2.05, 4.69) is 10.6 Å². The largest absolute Gasteiger partial charge is 0.488 e. The van der Waals surface area contributed by atoms with Crippen LogP contribution in [-0.4, -0.2) is 30.2 Å². The van der Waals surface area contributed by atoms with Crippen LogP contribution in [0.2, 0.25) is 0 Å². The highest BCUT2D eigenvalue weighted by Crippen LogP contribution is 2.18. The highest BCUT2D eigenvalue weighted by atomic mass is 16.5. The molecule has 0 unspecified atom stereocenters. The van der Waals surface area contributed by atoms with Gasteiger partial charge in [-0.3, -0.25) is 4.79 Å². The number of hydrogen-bond donors (Lipinski definition) is 3. The molecule has 7 nitrogen and oxygen atoms in total. The Hall–Kier alpha value is -3.06. The zero-order chi connectivity index (χ0) is 22.7. The number of alkyl carbamates (subject to hydrolysis) is 1. The number of hydrogen-bond acceptors (Lipinski definition) is 5. The Labute approximate surface area is 184 Å². The Kier molecular flexibility index (Phi) is 9.34. The van der Waals surface area contributed by atoms with Crippen LogP contribution in [0.3, 0.4) is 0 Å². The fraction of sp³-hybridized carbons (Fsp3) is 0.417. The van der Waals surface area contributed by atoms with Crippen LogP contribution in [-0.2, 0) is 22.7 Å². The van der Waals surface area contributed by atoms with E-state index in [1.165, 1.54) is 0 Å². The van der Waals surface area contributed by atoms with Crippen molar-refractivity contribution in [3.63, 3.8) is 0 Å². The molecule has 2 amide bonds. The quantitative estimate of drug-likeness (QED) is 0.504. The van der Waals surface area contributed by atoms with Gasteiger partial charge in [0.25, 0.3) is 0 Å². The molecule has 2 aromatic carbocycles. The topological polar surface area (TPSA) is 103 Å². The molecule has 0 aliphatic carbocycles. The normalized spacial score (nSPS) is 12.0. The number of ether oxygens (including phenoxy) is 2. The number of carbonyl (C=O) groups excluding carboxylic acids is 2. The van der Waals surface area contributed by atoms with Crippen LogP contribution in [0.25, 0.3) is 0 Å². The van der Waals surface area contributed by atoms with Gasteiger partial charge in [0.15, 0.2) is 0 Å². The lowest BCUT2D eigenvalue weighted by Crippen LogP contribution is -2.40. The number of carbonyl (C=O) groups is 2. The molecule has 0 saturated heterocycles. The van der Waals surface area contributed by atoms with Gasteiger partial charge in [-0.25, -0.2) is 4.79 Å². The van der Waals surface area contributed by atoms with Crippen LogP contribution < -0.4 is 21.1 Å². The molecular formula is C24H33N3O4. The van der Waals surface area contributed by atoms with E-state index in [4.69, 9.17) is 15.2 Å². The minimum Gasteiger partial charge on any atom is -0.488 e. The van der Waals surface area contributed by atoms with Crippen LogP contribution in [0.15, 0.2) is 54.6 Å². The fourth-order valence-corrected chi connectivity index (χ4v) is 2.77. The van der Waals surface area contributed by atoms with Gasteiger partial charge in [-0.1, -0.05) is 42.5 Å². The van der Waals surface area contributed by atoms with Crippen molar-refractivity contribution in [3.05, 3.63) is 65.7 Å². The molecule has 0 aromatic heterocycles.